The first-order valence-corrected chi connectivity index (χ1v) is 9.01. The number of benzene rings is 2. The van der Waals surface area contributed by atoms with Gasteiger partial charge in [0.25, 0.3) is 0 Å². The van der Waals surface area contributed by atoms with Crippen molar-refractivity contribution >= 4 is 34.1 Å². The maximum Gasteiger partial charge on any atom is 0.0650 e. The van der Waals surface area contributed by atoms with Crippen LogP contribution in [0.4, 0.5) is 0 Å². The lowest BCUT2D eigenvalue weighted by atomic mass is 9.98. The van der Waals surface area contributed by atoms with Crippen molar-refractivity contribution in [1.82, 2.24) is 15.1 Å². The Morgan fingerprint density at radius 1 is 1.08 bits per heavy atom. The molecule has 1 aromatic heterocycles. The highest BCUT2D eigenvalue weighted by molar-refractivity contribution is 6.42. The molecule has 0 spiro atoms. The Hall–Kier alpha value is -1.55. The highest BCUT2D eigenvalue weighted by Crippen LogP contribution is 2.26. The highest BCUT2D eigenvalue weighted by atomic mass is 35.5. The molecule has 124 valence electrons. The zero-order valence-corrected chi connectivity index (χ0v) is 14.8. The zero-order valence-electron chi connectivity index (χ0n) is 13.3. The molecule has 0 unspecified atom stereocenters. The first kappa shape index (κ1) is 15.9. The molecule has 4 rings (SSSR count). The number of aromatic nitrogens is 2. The fourth-order valence-electron chi connectivity index (χ4n) is 3.57. The standard InChI is InChI=1S/C19H19Cl2N3/c20-17-3-1-14(9-18(17)21)11-24-6-5-15(12-24)7-13-2-4-19-16(8-13)10-22-23-19/h1-4,8-10,15H,5-7,11-12H2,(H,22,23)/t15-/m0/s1. The summed E-state index contributed by atoms with van der Waals surface area (Å²) >= 11 is 12.1. The Bertz CT molecular complexity index is 859. The number of halogens is 2. The second-order valence-corrected chi connectivity index (χ2v) is 7.45. The van der Waals surface area contributed by atoms with Crippen LogP contribution < -0.4 is 0 Å². The van der Waals surface area contributed by atoms with Crippen molar-refractivity contribution in [3.63, 3.8) is 0 Å². The largest absolute Gasteiger partial charge is 0.299 e. The number of likely N-dealkylation sites (tertiary alicyclic amines) is 1. The average molecular weight is 360 g/mol. The van der Waals surface area contributed by atoms with Crippen LogP contribution in [0.15, 0.2) is 42.6 Å². The maximum atomic E-state index is 6.12. The molecule has 3 aromatic rings. The SMILES string of the molecule is Clc1ccc(CN2CC[C@@H](Cc3ccc4[nH]ncc4c3)C2)cc1Cl. The summed E-state index contributed by atoms with van der Waals surface area (Å²) in [6.07, 6.45) is 4.26. The molecule has 1 fully saturated rings. The topological polar surface area (TPSA) is 31.9 Å². The van der Waals surface area contributed by atoms with Gasteiger partial charge in [-0.2, -0.15) is 5.10 Å². The van der Waals surface area contributed by atoms with Gasteiger partial charge in [-0.05, 0) is 60.7 Å². The number of hydrogen-bond acceptors (Lipinski definition) is 2. The van der Waals surface area contributed by atoms with Crippen molar-refractivity contribution in [3.8, 4) is 0 Å². The summed E-state index contributed by atoms with van der Waals surface area (Å²) in [7, 11) is 0. The lowest BCUT2D eigenvalue weighted by Gasteiger charge is -2.16. The van der Waals surface area contributed by atoms with Gasteiger partial charge in [0, 0.05) is 18.5 Å². The normalized spacial score (nSPS) is 18.5. The summed E-state index contributed by atoms with van der Waals surface area (Å²) in [6, 6.07) is 12.5. The van der Waals surface area contributed by atoms with Crippen LogP contribution in [0.5, 0.6) is 0 Å². The van der Waals surface area contributed by atoms with E-state index in [2.05, 4.69) is 39.4 Å². The van der Waals surface area contributed by atoms with Crippen molar-refractivity contribution < 1.29 is 0 Å². The van der Waals surface area contributed by atoms with E-state index in [0.29, 0.717) is 16.0 Å². The van der Waals surface area contributed by atoms with Crippen molar-refractivity contribution in [2.24, 2.45) is 5.92 Å². The molecule has 2 heterocycles. The Kier molecular flexibility index (Phi) is 4.49. The van der Waals surface area contributed by atoms with Crippen molar-refractivity contribution in [3.05, 3.63) is 63.8 Å². The molecule has 0 saturated carbocycles. The van der Waals surface area contributed by atoms with E-state index < -0.39 is 0 Å². The van der Waals surface area contributed by atoms with Crippen LogP contribution in [0.1, 0.15) is 17.5 Å². The van der Waals surface area contributed by atoms with Gasteiger partial charge in [0.15, 0.2) is 0 Å². The number of fused-ring (bicyclic) bond motifs is 1. The van der Waals surface area contributed by atoms with Crippen LogP contribution in [0.3, 0.4) is 0 Å². The molecule has 1 aliphatic heterocycles. The van der Waals surface area contributed by atoms with Crippen LogP contribution in [-0.2, 0) is 13.0 Å². The fraction of sp³-hybridized carbons (Fsp3) is 0.316. The monoisotopic (exact) mass is 359 g/mol. The summed E-state index contributed by atoms with van der Waals surface area (Å²) in [6.45, 7) is 3.21. The van der Waals surface area contributed by atoms with Gasteiger partial charge in [-0.3, -0.25) is 10.00 Å². The van der Waals surface area contributed by atoms with Gasteiger partial charge in [0.05, 0.1) is 21.8 Å². The minimum Gasteiger partial charge on any atom is -0.299 e. The van der Waals surface area contributed by atoms with E-state index in [9.17, 15) is 0 Å². The molecule has 1 atom stereocenters. The molecule has 2 aromatic carbocycles. The second-order valence-electron chi connectivity index (χ2n) is 6.63. The van der Waals surface area contributed by atoms with E-state index in [1.807, 2.05) is 18.3 Å². The van der Waals surface area contributed by atoms with Crippen LogP contribution in [0.25, 0.3) is 10.9 Å². The van der Waals surface area contributed by atoms with Gasteiger partial charge in [-0.15, -0.1) is 0 Å². The third-order valence-corrected chi connectivity index (χ3v) is 5.53. The summed E-state index contributed by atoms with van der Waals surface area (Å²) in [5.74, 6) is 0.706. The first-order chi connectivity index (χ1) is 11.7. The van der Waals surface area contributed by atoms with Crippen LogP contribution >= 0.6 is 23.2 Å². The van der Waals surface area contributed by atoms with Gasteiger partial charge in [-0.1, -0.05) is 35.3 Å². The van der Waals surface area contributed by atoms with E-state index in [4.69, 9.17) is 23.2 Å². The van der Waals surface area contributed by atoms with E-state index in [0.717, 1.165) is 31.6 Å². The predicted molar refractivity (Wildman–Crippen MR) is 99.6 cm³/mol. The molecular formula is C19H19Cl2N3. The fourth-order valence-corrected chi connectivity index (χ4v) is 3.89. The summed E-state index contributed by atoms with van der Waals surface area (Å²) in [5, 5.41) is 9.55. The molecule has 1 N–H and O–H groups in total. The molecule has 0 aliphatic carbocycles. The third-order valence-electron chi connectivity index (χ3n) is 4.79. The quantitative estimate of drug-likeness (QED) is 0.715. The van der Waals surface area contributed by atoms with Crippen LogP contribution in [-0.4, -0.2) is 28.2 Å². The van der Waals surface area contributed by atoms with Crippen molar-refractivity contribution in [2.75, 3.05) is 13.1 Å². The lowest BCUT2D eigenvalue weighted by molar-refractivity contribution is 0.316. The molecule has 24 heavy (non-hydrogen) atoms. The van der Waals surface area contributed by atoms with Gasteiger partial charge >= 0.3 is 0 Å². The molecule has 1 saturated heterocycles. The summed E-state index contributed by atoms with van der Waals surface area (Å²) in [5.41, 5.74) is 3.72. The number of H-pyrrole nitrogens is 1. The van der Waals surface area contributed by atoms with Gasteiger partial charge < -0.3 is 0 Å². The van der Waals surface area contributed by atoms with Crippen LogP contribution in [0.2, 0.25) is 10.0 Å². The number of nitrogens with zero attached hydrogens (tertiary/aromatic N) is 2. The van der Waals surface area contributed by atoms with E-state index in [-0.39, 0.29) is 0 Å². The Morgan fingerprint density at radius 2 is 1.96 bits per heavy atom. The molecule has 1 aliphatic rings. The zero-order chi connectivity index (χ0) is 16.5. The molecular weight excluding hydrogens is 341 g/mol. The van der Waals surface area contributed by atoms with E-state index in [1.54, 1.807) is 0 Å². The first-order valence-electron chi connectivity index (χ1n) is 8.26. The maximum absolute atomic E-state index is 6.12. The molecule has 0 bridgehead atoms. The number of hydrogen-bond donors (Lipinski definition) is 1. The molecule has 0 amide bonds. The van der Waals surface area contributed by atoms with Crippen LogP contribution in [0, 0.1) is 5.92 Å². The average Bonchev–Trinajstić information content (AvgIpc) is 3.20. The smallest absolute Gasteiger partial charge is 0.0650 e. The van der Waals surface area contributed by atoms with Gasteiger partial charge in [0.1, 0.15) is 0 Å². The third kappa shape index (κ3) is 3.44. The minimum absolute atomic E-state index is 0.620. The summed E-state index contributed by atoms with van der Waals surface area (Å²) in [4.78, 5) is 2.50. The predicted octanol–water partition coefficient (Wildman–Crippen LogP) is 4.93. The lowest BCUT2D eigenvalue weighted by Crippen LogP contribution is -2.20. The van der Waals surface area contributed by atoms with Gasteiger partial charge in [-0.25, -0.2) is 0 Å². The second kappa shape index (κ2) is 6.75. The van der Waals surface area contributed by atoms with Crippen molar-refractivity contribution in [2.45, 2.75) is 19.4 Å². The minimum atomic E-state index is 0.620. The Labute approximate surface area is 151 Å². The van der Waals surface area contributed by atoms with E-state index in [1.165, 1.54) is 22.9 Å². The number of rotatable bonds is 4. The summed E-state index contributed by atoms with van der Waals surface area (Å²) < 4.78 is 0. The Morgan fingerprint density at radius 3 is 2.83 bits per heavy atom. The number of aromatic amines is 1. The molecule has 0 radical (unpaired) electrons. The van der Waals surface area contributed by atoms with E-state index >= 15 is 0 Å². The van der Waals surface area contributed by atoms with Crippen molar-refractivity contribution in [1.29, 1.82) is 0 Å². The number of nitrogens with one attached hydrogen (secondary N) is 1. The highest BCUT2D eigenvalue weighted by Gasteiger charge is 2.23. The Balaban J connectivity index is 1.38. The van der Waals surface area contributed by atoms with Gasteiger partial charge in [0.2, 0.25) is 0 Å². The molecule has 5 heteroatoms. The molecule has 3 nitrogen and oxygen atoms in total.